The van der Waals surface area contributed by atoms with Crippen LogP contribution in [0.1, 0.15) is 201 Å². The number of carbonyl (C=O) groups excluding carboxylic acids is 12. The molecular formula is C74H116ClF3N12O12. The molecular weight excluding hydrogens is 1340 g/mol. The molecule has 3 N–H and O–H groups in total. The maximum atomic E-state index is 15.2. The average molecular weight is 1460 g/mol. The lowest BCUT2D eigenvalue weighted by molar-refractivity contribution is -0.161. The molecule has 5 fully saturated rings. The van der Waals surface area contributed by atoms with Crippen molar-refractivity contribution in [1.29, 1.82) is 0 Å². The molecule has 24 nitrogen and oxygen atoms in total. The number of unbranched alkanes of at least 4 members (excludes halogenated alkanes) is 1. The standard InChI is InChI=1S/C74H116ClF3N12O12/c1-14-16-28-55-71(100)90-40-35-56(90)69(98)85(11)58(43-49-26-19-17-20-27-49)68(97)82(8)45-60(91)80-53(34-32-50-31-33-51(52(75)42-50)74(76,77)78)67(96)89-39-25-29-54(89)65(94)79-36-22-21-30-61(92)87(13)64(47(5)6)73(102)86(12)59(70(99)88-37-23-18-24-38-88)44-62(93)83(9)57(41-46(3)4)66(95)81-63(48(7)15-2)72(101)84(55)10/h31,33,42,46-49,53-59,63-64H,14-30,32,34-41,43-45H2,1-13H3,(H,79,94)(H,80,91)(H,81,95)/t48-,53-,54-,55-,56-,57-,58-,59-,63-,64-/m0/s1. The fourth-order valence-corrected chi connectivity index (χ4v) is 15.4. The molecule has 0 spiro atoms. The van der Waals surface area contributed by atoms with Crippen molar-refractivity contribution < 1.29 is 70.7 Å². The molecule has 0 bridgehead atoms. The SMILES string of the molecule is CCCC[C@H]1C(=O)N2CC[C@H]2C(=O)N(C)[C@@H](CC2CCCCC2)C(=O)N(C)CC(=O)N[C@@H](CCc2ccc(C(F)(F)F)c(Cl)c2)C(=O)N2CCC[C@H]2C(=O)NCCCCC(=O)N(C)[C@@H](C(C)C)C(=O)N(C)[C@H](C(=O)N2CCCCC2)CC(=O)N(C)[C@@H](CC(C)C)C(=O)N[C@@H]([C@@H](C)CC)C(=O)N1C. The lowest BCUT2D eigenvalue weighted by Crippen LogP contribution is -2.65. The molecule has 0 radical (unpaired) electrons. The smallest absolute Gasteiger partial charge is 0.354 e. The van der Waals surface area contributed by atoms with E-state index in [1.807, 2.05) is 27.7 Å². The number of halogens is 4. The predicted octanol–water partition coefficient (Wildman–Crippen LogP) is 7.06. The van der Waals surface area contributed by atoms with E-state index in [1.54, 1.807) is 25.7 Å². The molecule has 12 amide bonds. The Morgan fingerprint density at radius 3 is 1.85 bits per heavy atom. The minimum atomic E-state index is -4.74. The number of nitrogens with zero attached hydrogens (tertiary/aromatic N) is 9. The number of nitrogens with one attached hydrogen (secondary N) is 3. The van der Waals surface area contributed by atoms with Crippen molar-refractivity contribution in [1.82, 2.24) is 60.0 Å². The fraction of sp³-hybridized carbons (Fsp3) is 0.757. The van der Waals surface area contributed by atoms with E-state index in [9.17, 15) is 46.7 Å². The highest BCUT2D eigenvalue weighted by Gasteiger charge is 2.48. The summed E-state index contributed by atoms with van der Waals surface area (Å²) in [7, 11) is 8.81. The normalized spacial score (nSPS) is 26.7. The van der Waals surface area contributed by atoms with Gasteiger partial charge in [0.1, 0.15) is 54.4 Å². The van der Waals surface area contributed by atoms with Gasteiger partial charge in [0.15, 0.2) is 0 Å². The zero-order chi connectivity index (χ0) is 75.6. The van der Waals surface area contributed by atoms with Crippen molar-refractivity contribution in [3.8, 4) is 0 Å². The van der Waals surface area contributed by atoms with Gasteiger partial charge in [-0.1, -0.05) is 118 Å². The van der Waals surface area contributed by atoms with Crippen LogP contribution in [0.4, 0.5) is 13.2 Å². The van der Waals surface area contributed by atoms with Crippen molar-refractivity contribution in [2.75, 3.05) is 81.6 Å². The molecule has 28 heteroatoms. The lowest BCUT2D eigenvalue weighted by atomic mass is 9.84. The van der Waals surface area contributed by atoms with Gasteiger partial charge < -0.3 is 60.0 Å². The summed E-state index contributed by atoms with van der Waals surface area (Å²) in [5.74, 6) is -7.92. The van der Waals surface area contributed by atoms with E-state index in [0.29, 0.717) is 63.6 Å². The van der Waals surface area contributed by atoms with Crippen molar-refractivity contribution in [3.63, 3.8) is 0 Å². The number of fused-ring (bicyclic) bond motifs is 2. The first-order valence-corrected chi connectivity index (χ1v) is 37.7. The van der Waals surface area contributed by atoms with Gasteiger partial charge >= 0.3 is 6.18 Å². The van der Waals surface area contributed by atoms with Crippen molar-refractivity contribution >= 4 is 82.5 Å². The first kappa shape index (κ1) is 83.9. The number of amides is 12. The summed E-state index contributed by atoms with van der Waals surface area (Å²) in [5.41, 5.74) is -0.726. The van der Waals surface area contributed by atoms with E-state index in [4.69, 9.17) is 11.6 Å². The second kappa shape index (κ2) is 38.6. The average Bonchev–Trinajstić information content (AvgIpc) is 0.900. The van der Waals surface area contributed by atoms with Crippen LogP contribution in [0, 0.1) is 23.7 Å². The zero-order valence-corrected chi connectivity index (χ0v) is 63.4. The number of benzene rings is 1. The minimum Gasteiger partial charge on any atom is -0.354 e. The van der Waals surface area contributed by atoms with Gasteiger partial charge in [0.05, 0.1) is 23.6 Å². The predicted molar refractivity (Wildman–Crippen MR) is 380 cm³/mol. The molecule has 102 heavy (non-hydrogen) atoms. The topological polar surface area (TPSA) is 270 Å². The van der Waals surface area contributed by atoms with Crippen LogP contribution in [0.3, 0.4) is 0 Å². The van der Waals surface area contributed by atoms with E-state index in [2.05, 4.69) is 16.0 Å². The molecule has 572 valence electrons. The summed E-state index contributed by atoms with van der Waals surface area (Å²) >= 11 is 6.13. The van der Waals surface area contributed by atoms with Crippen LogP contribution in [0.2, 0.25) is 5.02 Å². The summed E-state index contributed by atoms with van der Waals surface area (Å²) < 4.78 is 41.4. The Hall–Kier alpha value is -7.06. The van der Waals surface area contributed by atoms with Gasteiger partial charge in [-0.15, -0.1) is 0 Å². The monoisotopic (exact) mass is 1460 g/mol. The molecule has 4 saturated heterocycles. The van der Waals surface area contributed by atoms with Gasteiger partial charge in [-0.25, -0.2) is 0 Å². The van der Waals surface area contributed by atoms with Crippen molar-refractivity contribution in [3.05, 3.63) is 34.3 Å². The highest BCUT2D eigenvalue weighted by Crippen LogP contribution is 2.36. The summed E-state index contributed by atoms with van der Waals surface area (Å²) in [6.07, 6.45) is 4.87. The van der Waals surface area contributed by atoms with Gasteiger partial charge in [0, 0.05) is 81.4 Å². The quantitative estimate of drug-likeness (QED) is 0.169. The molecule has 1 saturated carbocycles. The Balaban J connectivity index is 1.38. The second-order valence-corrected chi connectivity index (χ2v) is 30.4. The number of hydrogen-bond acceptors (Lipinski definition) is 12. The molecule has 6 rings (SSSR count). The zero-order valence-electron chi connectivity index (χ0n) is 62.7. The Morgan fingerprint density at radius 1 is 0.608 bits per heavy atom. The van der Waals surface area contributed by atoms with Gasteiger partial charge in [0.25, 0.3) is 0 Å². The molecule has 4 heterocycles. The fourth-order valence-electron chi connectivity index (χ4n) is 15.0. The lowest BCUT2D eigenvalue weighted by Gasteiger charge is -2.46. The van der Waals surface area contributed by atoms with Crippen molar-refractivity contribution in [2.45, 2.75) is 257 Å². The Kier molecular flexibility index (Phi) is 31.8. The Labute approximate surface area is 606 Å². The third-order valence-corrected chi connectivity index (χ3v) is 22.1. The first-order chi connectivity index (χ1) is 48.1. The third kappa shape index (κ3) is 21.8. The largest absolute Gasteiger partial charge is 0.417 e. The summed E-state index contributed by atoms with van der Waals surface area (Å²) in [5, 5.41) is 8.09. The summed E-state index contributed by atoms with van der Waals surface area (Å²) in [4.78, 5) is 190. The number of alkyl halides is 3. The molecule has 0 unspecified atom stereocenters. The van der Waals surface area contributed by atoms with Crippen LogP contribution in [0.25, 0.3) is 0 Å². The van der Waals surface area contributed by atoms with Crippen LogP contribution in [-0.2, 0) is 70.1 Å². The second-order valence-electron chi connectivity index (χ2n) is 30.0. The number of rotatable bonds is 14. The Bertz CT molecular complexity index is 3110. The van der Waals surface area contributed by atoms with Crippen molar-refractivity contribution in [2.24, 2.45) is 23.7 Å². The maximum Gasteiger partial charge on any atom is 0.417 e. The molecule has 1 aliphatic carbocycles. The highest BCUT2D eigenvalue weighted by molar-refractivity contribution is 6.31. The number of hydrogen-bond donors (Lipinski definition) is 3. The van der Waals surface area contributed by atoms with Gasteiger partial charge in [0.2, 0.25) is 70.9 Å². The van der Waals surface area contributed by atoms with E-state index < -0.39 is 167 Å². The number of carbonyl (C=O) groups is 12. The molecule has 5 aliphatic rings. The van der Waals surface area contributed by atoms with E-state index in [0.717, 1.165) is 50.7 Å². The minimum absolute atomic E-state index is 0.0315. The van der Waals surface area contributed by atoms with Gasteiger partial charge in [-0.05, 0) is 125 Å². The van der Waals surface area contributed by atoms with Gasteiger partial charge in [-0.3, -0.25) is 57.5 Å². The van der Waals surface area contributed by atoms with Crippen LogP contribution < -0.4 is 16.0 Å². The van der Waals surface area contributed by atoms with Crippen LogP contribution >= 0.6 is 11.6 Å². The van der Waals surface area contributed by atoms with E-state index in [-0.39, 0.29) is 89.3 Å². The number of likely N-dealkylation sites (tertiary alicyclic amines) is 1. The number of likely N-dealkylation sites (N-methyl/N-ethyl adjacent to an activating group) is 6. The molecule has 0 aromatic heterocycles. The molecule has 1 aromatic carbocycles. The van der Waals surface area contributed by atoms with Crippen LogP contribution in [-0.4, -0.2) is 251 Å². The van der Waals surface area contributed by atoms with Crippen LogP contribution in [0.5, 0.6) is 0 Å². The van der Waals surface area contributed by atoms with Crippen LogP contribution in [0.15, 0.2) is 18.2 Å². The number of piperidine rings is 1. The highest BCUT2D eigenvalue weighted by atomic mass is 35.5. The molecule has 10 atom stereocenters. The summed E-state index contributed by atoms with van der Waals surface area (Å²) in [6.45, 7) is 13.5. The summed E-state index contributed by atoms with van der Waals surface area (Å²) in [6, 6.07) is -7.17. The molecule has 4 aliphatic heterocycles. The van der Waals surface area contributed by atoms with E-state index >= 15 is 24.0 Å². The third-order valence-electron chi connectivity index (χ3n) is 21.8. The maximum absolute atomic E-state index is 15.2. The van der Waals surface area contributed by atoms with E-state index in [1.165, 1.54) is 87.6 Å². The molecule has 1 aromatic rings. The first-order valence-electron chi connectivity index (χ1n) is 37.3. The Morgan fingerprint density at radius 2 is 1.25 bits per heavy atom. The van der Waals surface area contributed by atoms with Gasteiger partial charge in [-0.2, -0.15) is 13.2 Å². The number of aryl methyl sites for hydroxylation is 1.